The number of methoxy groups -OCH3 is 1. The molecule has 0 spiro atoms. The van der Waals surface area contributed by atoms with Gasteiger partial charge in [0.15, 0.2) is 5.96 Å². The van der Waals surface area contributed by atoms with Crippen LogP contribution in [0.3, 0.4) is 0 Å². The van der Waals surface area contributed by atoms with Crippen LogP contribution in [0.5, 0.6) is 5.75 Å². The highest BCUT2D eigenvalue weighted by Gasteiger charge is 2.07. The van der Waals surface area contributed by atoms with E-state index in [1.165, 1.54) is 5.56 Å². The molecule has 0 fully saturated rings. The minimum absolute atomic E-state index is 0.00819. The summed E-state index contributed by atoms with van der Waals surface area (Å²) in [6.45, 7) is 1.48. The van der Waals surface area contributed by atoms with Crippen LogP contribution in [0.15, 0.2) is 53.5 Å². The second-order valence-electron chi connectivity index (χ2n) is 6.70. The molecule has 28 heavy (non-hydrogen) atoms. The van der Waals surface area contributed by atoms with Gasteiger partial charge in [-0.05, 0) is 48.2 Å². The van der Waals surface area contributed by atoms with Gasteiger partial charge in [-0.1, -0.05) is 24.3 Å². The number of rotatable bonds is 8. The molecule has 0 saturated heterocycles. The molecule has 0 heterocycles. The summed E-state index contributed by atoms with van der Waals surface area (Å²) >= 11 is 0. The predicted molar refractivity (Wildman–Crippen MR) is 114 cm³/mol. The lowest BCUT2D eigenvalue weighted by Crippen LogP contribution is -2.37. The third-order valence-electron chi connectivity index (χ3n) is 4.38. The largest absolute Gasteiger partial charge is 0.497 e. The molecule has 150 valence electrons. The lowest BCUT2D eigenvalue weighted by Gasteiger charge is -2.13. The van der Waals surface area contributed by atoms with Crippen LogP contribution >= 0.6 is 0 Å². The highest BCUT2D eigenvalue weighted by molar-refractivity contribution is 5.93. The van der Waals surface area contributed by atoms with Crippen LogP contribution in [0.25, 0.3) is 0 Å². The van der Waals surface area contributed by atoms with Crippen molar-refractivity contribution in [1.29, 1.82) is 0 Å². The number of hydrogen-bond acceptors (Lipinski definition) is 3. The molecule has 2 aromatic carbocycles. The average molecular weight is 383 g/mol. The van der Waals surface area contributed by atoms with Gasteiger partial charge >= 0.3 is 0 Å². The highest BCUT2D eigenvalue weighted by atomic mass is 16.5. The fraction of sp³-hybridized carbons (Fsp3) is 0.364. The molecular formula is C22H30N4O2. The van der Waals surface area contributed by atoms with Crippen LogP contribution in [0, 0.1) is 0 Å². The van der Waals surface area contributed by atoms with E-state index in [2.05, 4.69) is 27.8 Å². The Morgan fingerprint density at radius 1 is 1.00 bits per heavy atom. The van der Waals surface area contributed by atoms with E-state index in [4.69, 9.17) is 4.74 Å². The third kappa shape index (κ3) is 6.61. The highest BCUT2D eigenvalue weighted by Crippen LogP contribution is 2.12. The summed E-state index contributed by atoms with van der Waals surface area (Å²) in [5, 5.41) is 6.63. The maximum atomic E-state index is 11.9. The molecule has 6 nitrogen and oxygen atoms in total. The molecule has 0 radical (unpaired) electrons. The SMILES string of the molecule is CN=C(NCCCc1ccc(OC)cc1)NCc1ccc(C(=O)N(C)C)cc1. The van der Waals surface area contributed by atoms with Gasteiger partial charge in [-0.3, -0.25) is 9.79 Å². The van der Waals surface area contributed by atoms with E-state index in [-0.39, 0.29) is 5.91 Å². The lowest BCUT2D eigenvalue weighted by molar-refractivity contribution is 0.0827. The van der Waals surface area contributed by atoms with Gasteiger partial charge in [0.1, 0.15) is 5.75 Å². The molecule has 2 N–H and O–H groups in total. The van der Waals surface area contributed by atoms with Gasteiger partial charge in [0.25, 0.3) is 5.91 Å². The minimum atomic E-state index is 0.00819. The number of aryl methyl sites for hydroxylation is 1. The summed E-state index contributed by atoms with van der Waals surface area (Å²) in [4.78, 5) is 17.8. The van der Waals surface area contributed by atoms with Crippen LogP contribution in [0.2, 0.25) is 0 Å². The van der Waals surface area contributed by atoms with E-state index in [0.717, 1.165) is 36.7 Å². The van der Waals surface area contributed by atoms with Crippen molar-refractivity contribution in [3.8, 4) is 5.75 Å². The Bertz CT molecular complexity index is 768. The summed E-state index contributed by atoms with van der Waals surface area (Å²) in [6, 6.07) is 15.8. The van der Waals surface area contributed by atoms with Crippen molar-refractivity contribution in [2.75, 3.05) is 34.8 Å². The summed E-state index contributed by atoms with van der Waals surface area (Å²) in [6.07, 6.45) is 2.00. The molecule has 0 bridgehead atoms. The van der Waals surface area contributed by atoms with E-state index in [1.807, 2.05) is 36.4 Å². The second-order valence-corrected chi connectivity index (χ2v) is 6.70. The zero-order valence-electron chi connectivity index (χ0n) is 17.2. The molecule has 2 aromatic rings. The minimum Gasteiger partial charge on any atom is -0.497 e. The van der Waals surface area contributed by atoms with E-state index in [0.29, 0.717) is 12.1 Å². The number of nitrogens with zero attached hydrogens (tertiary/aromatic N) is 2. The molecular weight excluding hydrogens is 352 g/mol. The number of aliphatic imine (C=N–C) groups is 1. The van der Waals surface area contributed by atoms with Gasteiger partial charge in [0, 0.05) is 39.8 Å². The maximum Gasteiger partial charge on any atom is 0.253 e. The Hall–Kier alpha value is -3.02. The number of guanidine groups is 1. The number of carbonyl (C=O) groups is 1. The van der Waals surface area contributed by atoms with E-state index in [9.17, 15) is 4.79 Å². The maximum absolute atomic E-state index is 11.9. The quantitative estimate of drug-likeness (QED) is 0.419. The smallest absolute Gasteiger partial charge is 0.253 e. The van der Waals surface area contributed by atoms with Crippen LogP contribution in [0.1, 0.15) is 27.9 Å². The van der Waals surface area contributed by atoms with Crippen molar-refractivity contribution in [3.63, 3.8) is 0 Å². The summed E-state index contributed by atoms with van der Waals surface area (Å²) in [5.74, 6) is 1.66. The van der Waals surface area contributed by atoms with Crippen LogP contribution in [-0.4, -0.2) is 51.6 Å². The molecule has 0 unspecified atom stereocenters. The van der Waals surface area contributed by atoms with Crippen molar-refractivity contribution < 1.29 is 9.53 Å². The molecule has 6 heteroatoms. The Kier molecular flexibility index (Phi) is 8.34. The molecule has 0 aliphatic carbocycles. The first-order chi connectivity index (χ1) is 13.5. The van der Waals surface area contributed by atoms with Crippen LogP contribution in [-0.2, 0) is 13.0 Å². The normalized spacial score (nSPS) is 11.1. The number of benzene rings is 2. The number of amides is 1. The fourth-order valence-electron chi connectivity index (χ4n) is 2.72. The zero-order chi connectivity index (χ0) is 20.4. The Morgan fingerprint density at radius 2 is 1.64 bits per heavy atom. The number of hydrogen-bond donors (Lipinski definition) is 2. The lowest BCUT2D eigenvalue weighted by atomic mass is 10.1. The van der Waals surface area contributed by atoms with Crippen molar-refractivity contribution in [2.45, 2.75) is 19.4 Å². The van der Waals surface area contributed by atoms with Gasteiger partial charge < -0.3 is 20.3 Å². The average Bonchev–Trinajstić information content (AvgIpc) is 2.73. The van der Waals surface area contributed by atoms with Gasteiger partial charge in [-0.25, -0.2) is 0 Å². The van der Waals surface area contributed by atoms with Crippen LogP contribution < -0.4 is 15.4 Å². The molecule has 1 amide bonds. The first kappa shape index (κ1) is 21.3. The predicted octanol–water partition coefficient (Wildman–Crippen LogP) is 2.69. The Morgan fingerprint density at radius 3 is 2.21 bits per heavy atom. The van der Waals surface area contributed by atoms with Crippen molar-refractivity contribution in [3.05, 3.63) is 65.2 Å². The molecule has 0 aromatic heterocycles. The van der Waals surface area contributed by atoms with Gasteiger partial charge in [0.05, 0.1) is 7.11 Å². The topological polar surface area (TPSA) is 66.0 Å². The van der Waals surface area contributed by atoms with Gasteiger partial charge in [-0.2, -0.15) is 0 Å². The van der Waals surface area contributed by atoms with E-state index < -0.39 is 0 Å². The number of ether oxygens (including phenoxy) is 1. The van der Waals surface area contributed by atoms with Crippen LogP contribution in [0.4, 0.5) is 0 Å². The van der Waals surface area contributed by atoms with Crippen molar-refractivity contribution >= 4 is 11.9 Å². The van der Waals surface area contributed by atoms with Gasteiger partial charge in [-0.15, -0.1) is 0 Å². The zero-order valence-corrected chi connectivity index (χ0v) is 17.2. The number of nitrogens with one attached hydrogen (secondary N) is 2. The Labute approximate surface area is 167 Å². The van der Waals surface area contributed by atoms with Gasteiger partial charge in [0.2, 0.25) is 0 Å². The third-order valence-corrected chi connectivity index (χ3v) is 4.38. The molecule has 0 aliphatic heterocycles. The monoisotopic (exact) mass is 382 g/mol. The van der Waals surface area contributed by atoms with E-state index in [1.54, 1.807) is 33.2 Å². The molecule has 0 saturated carbocycles. The standard InChI is InChI=1S/C22H30N4O2/c1-23-22(24-15-5-6-17-9-13-20(28-4)14-10-17)25-16-18-7-11-19(12-8-18)21(27)26(2)3/h7-14H,5-6,15-16H2,1-4H3,(H2,23,24,25). The van der Waals surface area contributed by atoms with Crippen molar-refractivity contribution in [2.24, 2.45) is 4.99 Å². The Balaban J connectivity index is 1.72. The molecule has 0 aliphatic rings. The fourth-order valence-corrected chi connectivity index (χ4v) is 2.72. The summed E-state index contributed by atoms with van der Waals surface area (Å²) < 4.78 is 5.18. The van der Waals surface area contributed by atoms with Crippen molar-refractivity contribution in [1.82, 2.24) is 15.5 Å². The second kappa shape index (κ2) is 11.0. The number of carbonyl (C=O) groups excluding carboxylic acids is 1. The molecule has 2 rings (SSSR count). The summed E-state index contributed by atoms with van der Waals surface area (Å²) in [5.41, 5.74) is 3.07. The first-order valence-electron chi connectivity index (χ1n) is 9.41. The van der Waals surface area contributed by atoms with E-state index >= 15 is 0 Å². The summed E-state index contributed by atoms with van der Waals surface area (Å²) in [7, 11) is 6.94. The molecule has 0 atom stereocenters. The first-order valence-corrected chi connectivity index (χ1v) is 9.41.